The highest BCUT2D eigenvalue weighted by molar-refractivity contribution is 7.89. The zero-order valence-electron chi connectivity index (χ0n) is 13.6. The highest BCUT2D eigenvalue weighted by Gasteiger charge is 2.27. The molecule has 7 heteroatoms. The van der Waals surface area contributed by atoms with Crippen molar-refractivity contribution in [2.45, 2.75) is 17.7 Å². The van der Waals surface area contributed by atoms with Crippen LogP contribution in [0.1, 0.15) is 12.8 Å². The minimum atomic E-state index is -3.45. The monoisotopic (exact) mass is 354 g/mol. The van der Waals surface area contributed by atoms with Crippen LogP contribution >= 0.6 is 0 Å². The Labute approximate surface area is 146 Å². The Morgan fingerprint density at radius 3 is 2.60 bits per heavy atom. The second kappa shape index (κ2) is 6.09. The number of anilines is 1. The average Bonchev–Trinajstić information content (AvgIpc) is 3.17. The average molecular weight is 354 g/mol. The lowest BCUT2D eigenvalue weighted by atomic mass is 10.0. The zero-order valence-corrected chi connectivity index (χ0v) is 14.4. The van der Waals surface area contributed by atoms with Crippen molar-refractivity contribution in [1.29, 1.82) is 0 Å². The molecular weight excluding hydrogens is 336 g/mol. The maximum absolute atomic E-state index is 12.8. The molecule has 0 spiro atoms. The second-order valence-corrected chi connectivity index (χ2v) is 8.05. The largest absolute Gasteiger partial charge is 0.368 e. The first-order valence-corrected chi connectivity index (χ1v) is 9.61. The molecule has 2 N–H and O–H groups in total. The van der Waals surface area contributed by atoms with Crippen molar-refractivity contribution in [2.24, 2.45) is 0 Å². The number of benzene rings is 2. The maximum atomic E-state index is 12.8. The van der Waals surface area contributed by atoms with Crippen molar-refractivity contribution in [1.82, 2.24) is 14.3 Å². The number of fused-ring (bicyclic) bond motifs is 1. The van der Waals surface area contributed by atoms with Crippen LogP contribution in [0.15, 0.2) is 53.6 Å². The fraction of sp³-hybridized carbons (Fsp3) is 0.222. The van der Waals surface area contributed by atoms with E-state index in [1.807, 2.05) is 24.3 Å². The summed E-state index contributed by atoms with van der Waals surface area (Å²) in [6.45, 7) is 1.18. The van der Waals surface area contributed by atoms with E-state index in [9.17, 15) is 8.42 Å². The van der Waals surface area contributed by atoms with Gasteiger partial charge < -0.3 is 5.73 Å². The van der Waals surface area contributed by atoms with E-state index in [-0.39, 0.29) is 5.95 Å². The summed E-state index contributed by atoms with van der Waals surface area (Å²) in [6, 6.07) is 12.7. The molecule has 0 bridgehead atoms. The second-order valence-electron chi connectivity index (χ2n) is 6.11. The predicted molar refractivity (Wildman–Crippen MR) is 97.4 cm³/mol. The molecule has 0 unspecified atom stereocenters. The molecule has 6 nitrogen and oxygen atoms in total. The number of nitrogens with two attached hydrogens (primary N) is 1. The van der Waals surface area contributed by atoms with Gasteiger partial charge in [-0.15, -0.1) is 0 Å². The molecule has 1 fully saturated rings. The molecule has 25 heavy (non-hydrogen) atoms. The number of sulfonamides is 1. The number of nitrogens with zero attached hydrogens (tertiary/aromatic N) is 3. The van der Waals surface area contributed by atoms with Crippen LogP contribution in [0.2, 0.25) is 0 Å². The summed E-state index contributed by atoms with van der Waals surface area (Å²) in [6.07, 6.45) is 3.50. The minimum Gasteiger partial charge on any atom is -0.368 e. The fourth-order valence-corrected chi connectivity index (χ4v) is 4.77. The number of aromatic nitrogens is 2. The van der Waals surface area contributed by atoms with Crippen molar-refractivity contribution in [3.63, 3.8) is 0 Å². The van der Waals surface area contributed by atoms with E-state index in [2.05, 4.69) is 9.97 Å². The van der Waals surface area contributed by atoms with Gasteiger partial charge in [0.25, 0.3) is 0 Å². The Morgan fingerprint density at radius 2 is 1.80 bits per heavy atom. The molecule has 1 aliphatic rings. The van der Waals surface area contributed by atoms with Crippen LogP contribution in [0.5, 0.6) is 0 Å². The number of para-hydroxylation sites is 1. The Morgan fingerprint density at radius 1 is 1.04 bits per heavy atom. The fourth-order valence-electron chi connectivity index (χ4n) is 3.20. The first kappa shape index (κ1) is 16.0. The van der Waals surface area contributed by atoms with Gasteiger partial charge in [-0.25, -0.2) is 18.4 Å². The molecule has 3 aromatic rings. The van der Waals surface area contributed by atoms with Gasteiger partial charge in [0, 0.05) is 30.2 Å². The lowest BCUT2D eigenvalue weighted by molar-refractivity contribution is 0.477. The van der Waals surface area contributed by atoms with E-state index in [0.717, 1.165) is 29.4 Å². The Balaban J connectivity index is 1.84. The van der Waals surface area contributed by atoms with E-state index >= 15 is 0 Å². The molecule has 0 atom stereocenters. The summed E-state index contributed by atoms with van der Waals surface area (Å²) in [7, 11) is -3.45. The van der Waals surface area contributed by atoms with Gasteiger partial charge in [0.05, 0.1) is 10.4 Å². The Hall–Kier alpha value is -2.51. The van der Waals surface area contributed by atoms with Crippen LogP contribution in [0.3, 0.4) is 0 Å². The third-order valence-electron chi connectivity index (χ3n) is 4.48. The van der Waals surface area contributed by atoms with Gasteiger partial charge in [-0.2, -0.15) is 4.31 Å². The lowest BCUT2D eigenvalue weighted by Gasteiger charge is -2.16. The smallest absolute Gasteiger partial charge is 0.243 e. The van der Waals surface area contributed by atoms with Crippen LogP contribution < -0.4 is 5.73 Å². The minimum absolute atomic E-state index is 0.195. The molecule has 0 aliphatic carbocycles. The van der Waals surface area contributed by atoms with Crippen LogP contribution in [0.25, 0.3) is 22.0 Å². The number of hydrogen-bond acceptors (Lipinski definition) is 5. The summed E-state index contributed by atoms with van der Waals surface area (Å²) >= 11 is 0. The molecule has 2 heterocycles. The van der Waals surface area contributed by atoms with E-state index in [1.165, 1.54) is 0 Å². The lowest BCUT2D eigenvalue weighted by Crippen LogP contribution is -2.27. The topological polar surface area (TPSA) is 89.2 Å². The van der Waals surface area contributed by atoms with Crippen molar-refractivity contribution in [3.8, 4) is 11.1 Å². The zero-order chi connectivity index (χ0) is 17.4. The van der Waals surface area contributed by atoms with Gasteiger partial charge in [-0.3, -0.25) is 0 Å². The van der Waals surface area contributed by atoms with Crippen LogP contribution in [-0.4, -0.2) is 35.8 Å². The molecule has 0 amide bonds. The molecule has 0 radical (unpaired) electrons. The van der Waals surface area contributed by atoms with Gasteiger partial charge in [-0.05, 0) is 30.5 Å². The van der Waals surface area contributed by atoms with Gasteiger partial charge in [0.1, 0.15) is 0 Å². The summed E-state index contributed by atoms with van der Waals surface area (Å²) < 4.78 is 27.2. The van der Waals surface area contributed by atoms with Gasteiger partial charge in [0.15, 0.2) is 0 Å². The van der Waals surface area contributed by atoms with Crippen molar-refractivity contribution >= 4 is 26.9 Å². The van der Waals surface area contributed by atoms with Gasteiger partial charge in [0.2, 0.25) is 16.0 Å². The standard InChI is InChI=1S/C18H18N4O2S/c19-18-20-12-14-6-4-8-16(17(14)21-18)13-5-3-7-15(11-13)25(23,24)22-9-1-2-10-22/h3-8,11-12H,1-2,9-10H2,(H2,19,20,21). The van der Waals surface area contributed by atoms with Crippen LogP contribution in [-0.2, 0) is 10.0 Å². The first-order valence-electron chi connectivity index (χ1n) is 8.17. The highest BCUT2D eigenvalue weighted by Crippen LogP contribution is 2.30. The first-order chi connectivity index (χ1) is 12.1. The van der Waals surface area contributed by atoms with Gasteiger partial charge in [-0.1, -0.05) is 30.3 Å². The van der Waals surface area contributed by atoms with E-state index in [1.54, 1.807) is 28.7 Å². The molecule has 1 aliphatic heterocycles. The summed E-state index contributed by atoms with van der Waals surface area (Å²) in [5.41, 5.74) is 8.07. The van der Waals surface area contributed by atoms with E-state index in [0.29, 0.717) is 23.5 Å². The van der Waals surface area contributed by atoms with Crippen molar-refractivity contribution < 1.29 is 8.42 Å². The third kappa shape index (κ3) is 2.85. The number of rotatable bonds is 3. The summed E-state index contributed by atoms with van der Waals surface area (Å²) in [5, 5.41) is 0.861. The maximum Gasteiger partial charge on any atom is 0.243 e. The van der Waals surface area contributed by atoms with Gasteiger partial charge >= 0.3 is 0 Å². The molecule has 4 rings (SSSR count). The van der Waals surface area contributed by atoms with Crippen molar-refractivity contribution in [2.75, 3.05) is 18.8 Å². The molecule has 0 saturated carbocycles. The number of nitrogen functional groups attached to an aromatic ring is 1. The quantitative estimate of drug-likeness (QED) is 0.781. The third-order valence-corrected chi connectivity index (χ3v) is 6.37. The van der Waals surface area contributed by atoms with E-state index < -0.39 is 10.0 Å². The van der Waals surface area contributed by atoms with Crippen LogP contribution in [0, 0.1) is 0 Å². The highest BCUT2D eigenvalue weighted by atomic mass is 32.2. The van der Waals surface area contributed by atoms with E-state index in [4.69, 9.17) is 5.73 Å². The number of hydrogen-bond donors (Lipinski definition) is 1. The molecule has 2 aromatic carbocycles. The molecule has 1 aromatic heterocycles. The normalized spacial score (nSPS) is 15.7. The summed E-state index contributed by atoms with van der Waals surface area (Å²) in [5.74, 6) is 0.195. The molecular formula is C18H18N4O2S. The predicted octanol–water partition coefficient (Wildman–Crippen LogP) is 2.66. The Bertz CT molecular complexity index is 1040. The molecule has 1 saturated heterocycles. The SMILES string of the molecule is Nc1ncc2cccc(-c3cccc(S(=O)(=O)N4CCCC4)c3)c2n1. The van der Waals surface area contributed by atoms with Crippen LogP contribution in [0.4, 0.5) is 5.95 Å². The molecule has 128 valence electrons. The van der Waals surface area contributed by atoms with Crippen molar-refractivity contribution in [3.05, 3.63) is 48.7 Å². The summed E-state index contributed by atoms with van der Waals surface area (Å²) in [4.78, 5) is 8.65. The Kier molecular flexibility index (Phi) is 3.89.